The maximum Gasteiger partial charge on any atom is 0.119 e. The Morgan fingerprint density at radius 3 is 2.62 bits per heavy atom. The molecule has 160 valence electrons. The highest BCUT2D eigenvalue weighted by Crippen LogP contribution is 2.39. The predicted molar refractivity (Wildman–Crippen MR) is 121 cm³/mol. The second kappa shape index (κ2) is 8.66. The zero-order valence-electron chi connectivity index (χ0n) is 18.2. The van der Waals surface area contributed by atoms with Gasteiger partial charge in [0.25, 0.3) is 0 Å². The van der Waals surface area contributed by atoms with E-state index < -0.39 is 0 Å². The van der Waals surface area contributed by atoms with Gasteiger partial charge in [0, 0.05) is 30.4 Å². The van der Waals surface area contributed by atoms with Crippen LogP contribution in [0.5, 0.6) is 5.75 Å². The molecule has 0 amide bonds. The number of halogens is 1. The zero-order chi connectivity index (χ0) is 19.8. The Bertz CT molecular complexity index is 821. The molecule has 2 aliphatic heterocycles. The number of methoxy groups -OCH3 is 1. The number of rotatable bonds is 4. The summed E-state index contributed by atoms with van der Waals surface area (Å²) in [6, 6.07) is 8.27. The molecule has 0 saturated carbocycles. The Kier molecular flexibility index (Phi) is 6.61. The minimum Gasteiger partial charge on any atom is -0.497 e. The van der Waals surface area contributed by atoms with Gasteiger partial charge in [0.15, 0.2) is 0 Å². The van der Waals surface area contributed by atoms with Crippen LogP contribution in [-0.4, -0.2) is 48.0 Å². The topological polar surface area (TPSA) is 42.3 Å². The van der Waals surface area contributed by atoms with Crippen LogP contribution in [0.4, 0.5) is 0 Å². The van der Waals surface area contributed by atoms with Crippen LogP contribution in [0.1, 0.15) is 45.6 Å². The number of hydrogen-bond acceptors (Lipinski definition) is 4. The van der Waals surface area contributed by atoms with Crippen molar-refractivity contribution in [2.24, 2.45) is 5.41 Å². The van der Waals surface area contributed by atoms with E-state index in [1.54, 1.807) is 7.11 Å². The molecule has 1 spiro atoms. The SMILES string of the molecule is COc1cccc(-c2nn(C(C)(C)C)cc2CN2CCC3(CCNCC3)C2)c1.Cl. The average molecular weight is 419 g/mol. The molecule has 4 rings (SSSR count). The Morgan fingerprint density at radius 1 is 1.17 bits per heavy atom. The summed E-state index contributed by atoms with van der Waals surface area (Å²) in [5, 5.41) is 8.52. The standard InChI is InChI=1S/C23H34N4O.ClH/c1-22(2,3)27-16-19(21(25-27)18-6-5-7-20(14-18)28-4)15-26-13-10-23(17-26)8-11-24-12-9-23;/h5-7,14,16,24H,8-13,15,17H2,1-4H3;1H. The van der Waals surface area contributed by atoms with Gasteiger partial charge < -0.3 is 10.1 Å². The predicted octanol–water partition coefficient (Wildman–Crippen LogP) is 4.31. The third-order valence-electron chi connectivity index (χ3n) is 6.40. The number of nitrogens with zero attached hydrogens (tertiary/aromatic N) is 3. The smallest absolute Gasteiger partial charge is 0.119 e. The van der Waals surface area contributed by atoms with Gasteiger partial charge in [0.05, 0.1) is 18.3 Å². The second-order valence-electron chi connectivity index (χ2n) is 9.56. The summed E-state index contributed by atoms with van der Waals surface area (Å²) < 4.78 is 7.57. The number of benzene rings is 1. The van der Waals surface area contributed by atoms with E-state index >= 15 is 0 Å². The van der Waals surface area contributed by atoms with Gasteiger partial charge in [-0.25, -0.2) is 0 Å². The van der Waals surface area contributed by atoms with Gasteiger partial charge >= 0.3 is 0 Å². The first kappa shape index (κ1) is 22.1. The number of piperidine rings is 1. The molecular weight excluding hydrogens is 384 g/mol. The van der Waals surface area contributed by atoms with Gasteiger partial charge in [0.1, 0.15) is 5.75 Å². The fraction of sp³-hybridized carbons (Fsp3) is 0.609. The summed E-state index contributed by atoms with van der Waals surface area (Å²) in [5.41, 5.74) is 4.02. The Balaban J connectivity index is 0.00000240. The van der Waals surface area contributed by atoms with Gasteiger partial charge in [0.2, 0.25) is 0 Å². The minimum atomic E-state index is -0.0346. The van der Waals surface area contributed by atoms with Crippen molar-refractivity contribution in [2.45, 2.75) is 52.1 Å². The summed E-state index contributed by atoms with van der Waals surface area (Å²) in [7, 11) is 1.72. The van der Waals surface area contributed by atoms with Crippen LogP contribution in [0.3, 0.4) is 0 Å². The van der Waals surface area contributed by atoms with Gasteiger partial charge in [-0.05, 0) is 77.2 Å². The highest BCUT2D eigenvalue weighted by Gasteiger charge is 2.39. The number of likely N-dealkylation sites (tertiary alicyclic amines) is 1. The van der Waals surface area contributed by atoms with Gasteiger partial charge in [-0.3, -0.25) is 9.58 Å². The van der Waals surface area contributed by atoms with Crippen molar-refractivity contribution < 1.29 is 4.74 Å². The number of hydrogen-bond donors (Lipinski definition) is 1. The molecule has 5 nitrogen and oxygen atoms in total. The van der Waals surface area contributed by atoms with Crippen LogP contribution in [0, 0.1) is 5.41 Å². The molecule has 1 N–H and O–H groups in total. The molecule has 6 heteroatoms. The number of ether oxygens (including phenoxy) is 1. The lowest BCUT2D eigenvalue weighted by molar-refractivity contribution is 0.194. The van der Waals surface area contributed by atoms with E-state index in [0.29, 0.717) is 5.41 Å². The molecule has 2 fully saturated rings. The monoisotopic (exact) mass is 418 g/mol. The van der Waals surface area contributed by atoms with E-state index in [0.717, 1.165) is 23.6 Å². The molecule has 29 heavy (non-hydrogen) atoms. The van der Waals surface area contributed by atoms with E-state index in [1.807, 2.05) is 12.1 Å². The first-order chi connectivity index (χ1) is 13.4. The first-order valence-electron chi connectivity index (χ1n) is 10.6. The van der Waals surface area contributed by atoms with E-state index in [4.69, 9.17) is 9.84 Å². The lowest BCUT2D eigenvalue weighted by Gasteiger charge is -2.33. The Morgan fingerprint density at radius 2 is 1.93 bits per heavy atom. The molecule has 0 unspecified atom stereocenters. The maximum atomic E-state index is 5.45. The third-order valence-corrected chi connectivity index (χ3v) is 6.40. The normalized spacial score (nSPS) is 19.3. The van der Waals surface area contributed by atoms with Crippen molar-refractivity contribution >= 4 is 12.4 Å². The molecule has 1 aromatic carbocycles. The van der Waals surface area contributed by atoms with Gasteiger partial charge in [-0.2, -0.15) is 5.10 Å². The number of nitrogens with one attached hydrogen (secondary N) is 1. The van der Waals surface area contributed by atoms with E-state index in [9.17, 15) is 0 Å². The van der Waals surface area contributed by atoms with Crippen molar-refractivity contribution in [1.82, 2.24) is 20.0 Å². The molecule has 0 atom stereocenters. The highest BCUT2D eigenvalue weighted by atomic mass is 35.5. The number of aromatic nitrogens is 2. The van der Waals surface area contributed by atoms with Crippen molar-refractivity contribution in [3.05, 3.63) is 36.0 Å². The molecule has 2 aromatic rings. The lowest BCUT2D eigenvalue weighted by atomic mass is 9.78. The van der Waals surface area contributed by atoms with Crippen LogP contribution in [0.15, 0.2) is 30.5 Å². The maximum absolute atomic E-state index is 5.45. The van der Waals surface area contributed by atoms with Crippen LogP contribution >= 0.6 is 12.4 Å². The molecule has 2 aliphatic rings. The molecule has 2 saturated heterocycles. The summed E-state index contributed by atoms with van der Waals surface area (Å²) in [5.74, 6) is 0.878. The molecule has 3 heterocycles. The summed E-state index contributed by atoms with van der Waals surface area (Å²) in [4.78, 5) is 2.64. The fourth-order valence-electron chi connectivity index (χ4n) is 4.65. The molecular formula is C23H35ClN4O. The zero-order valence-corrected chi connectivity index (χ0v) is 19.0. The minimum absolute atomic E-state index is 0. The highest BCUT2D eigenvalue weighted by molar-refractivity contribution is 5.85. The summed E-state index contributed by atoms with van der Waals surface area (Å²) >= 11 is 0. The summed E-state index contributed by atoms with van der Waals surface area (Å²) in [6.07, 6.45) is 6.21. The van der Waals surface area contributed by atoms with Crippen molar-refractivity contribution in [3.63, 3.8) is 0 Å². The van der Waals surface area contributed by atoms with E-state index in [2.05, 4.69) is 54.0 Å². The Hall–Kier alpha value is -1.56. The fourth-order valence-corrected chi connectivity index (χ4v) is 4.65. The van der Waals surface area contributed by atoms with Crippen LogP contribution in [0.2, 0.25) is 0 Å². The second-order valence-corrected chi connectivity index (χ2v) is 9.56. The van der Waals surface area contributed by atoms with Crippen LogP contribution in [0.25, 0.3) is 11.3 Å². The third kappa shape index (κ3) is 4.79. The first-order valence-corrected chi connectivity index (χ1v) is 10.6. The van der Waals surface area contributed by atoms with E-state index in [-0.39, 0.29) is 17.9 Å². The summed E-state index contributed by atoms with van der Waals surface area (Å²) in [6.45, 7) is 12.3. The molecule has 0 aliphatic carbocycles. The lowest BCUT2D eigenvalue weighted by Crippen LogP contribution is -2.38. The van der Waals surface area contributed by atoms with Crippen molar-refractivity contribution in [2.75, 3.05) is 33.3 Å². The quantitative estimate of drug-likeness (QED) is 0.803. The molecule has 1 aromatic heterocycles. The average Bonchev–Trinajstić information content (AvgIpc) is 3.27. The molecule has 0 bridgehead atoms. The Labute approximate surface area is 181 Å². The van der Waals surface area contributed by atoms with Crippen molar-refractivity contribution in [3.8, 4) is 17.0 Å². The van der Waals surface area contributed by atoms with E-state index in [1.165, 1.54) is 51.0 Å². The van der Waals surface area contributed by atoms with Crippen LogP contribution < -0.4 is 10.1 Å². The van der Waals surface area contributed by atoms with Crippen LogP contribution in [-0.2, 0) is 12.1 Å². The van der Waals surface area contributed by atoms with Gasteiger partial charge in [-0.1, -0.05) is 12.1 Å². The van der Waals surface area contributed by atoms with Crippen molar-refractivity contribution in [1.29, 1.82) is 0 Å². The molecule has 0 radical (unpaired) electrons. The largest absolute Gasteiger partial charge is 0.497 e. The van der Waals surface area contributed by atoms with Gasteiger partial charge in [-0.15, -0.1) is 12.4 Å².